The van der Waals surface area contributed by atoms with Crippen LogP contribution in [-0.4, -0.2) is 15.9 Å². The van der Waals surface area contributed by atoms with Gasteiger partial charge in [-0.3, -0.25) is 4.79 Å². The number of hydrogen-bond acceptors (Lipinski definition) is 4. The van der Waals surface area contributed by atoms with Crippen molar-refractivity contribution in [3.63, 3.8) is 0 Å². The highest BCUT2D eigenvalue weighted by molar-refractivity contribution is 5.78. The molecule has 2 aromatic rings. The number of nitrogens with one attached hydrogen (secondary N) is 1. The second kappa shape index (κ2) is 5.77. The lowest BCUT2D eigenvalue weighted by Gasteiger charge is -2.05. The summed E-state index contributed by atoms with van der Waals surface area (Å²) in [5, 5.41) is 2.80. The largest absolute Gasteiger partial charge is 0.399 e. The predicted molar refractivity (Wildman–Crippen MR) is 68.4 cm³/mol. The summed E-state index contributed by atoms with van der Waals surface area (Å²) >= 11 is 0. The minimum atomic E-state index is -0.0563. The van der Waals surface area contributed by atoms with Gasteiger partial charge in [0.2, 0.25) is 5.91 Å². The van der Waals surface area contributed by atoms with Crippen molar-refractivity contribution in [1.82, 2.24) is 15.3 Å². The van der Waals surface area contributed by atoms with E-state index in [0.29, 0.717) is 18.7 Å². The molecule has 3 N–H and O–H groups in total. The normalized spacial score (nSPS) is 10.0. The first-order valence-corrected chi connectivity index (χ1v) is 5.60. The highest BCUT2D eigenvalue weighted by Gasteiger charge is 2.03. The molecule has 0 radical (unpaired) electrons. The van der Waals surface area contributed by atoms with E-state index in [0.717, 1.165) is 11.3 Å². The van der Waals surface area contributed by atoms with E-state index in [-0.39, 0.29) is 5.91 Å². The van der Waals surface area contributed by atoms with Gasteiger partial charge in [0.1, 0.15) is 6.33 Å². The molecule has 5 heteroatoms. The van der Waals surface area contributed by atoms with Gasteiger partial charge in [-0.25, -0.2) is 9.97 Å². The second-order valence-corrected chi connectivity index (χ2v) is 3.90. The third-order valence-electron chi connectivity index (χ3n) is 2.43. The molecule has 0 bridgehead atoms. The highest BCUT2D eigenvalue weighted by Crippen LogP contribution is 2.07. The Hall–Kier alpha value is -2.43. The first kappa shape index (κ1) is 12.0. The lowest BCUT2D eigenvalue weighted by molar-refractivity contribution is -0.120. The van der Waals surface area contributed by atoms with Gasteiger partial charge in [0, 0.05) is 11.9 Å². The number of amides is 1. The van der Waals surface area contributed by atoms with Crippen molar-refractivity contribution in [2.45, 2.75) is 13.0 Å². The smallest absolute Gasteiger partial charge is 0.224 e. The van der Waals surface area contributed by atoms with Crippen molar-refractivity contribution in [1.29, 1.82) is 0 Å². The molecular formula is C13H14N4O. The number of carbonyl (C=O) groups is 1. The Kier molecular flexibility index (Phi) is 3.86. The maximum absolute atomic E-state index is 11.7. The topological polar surface area (TPSA) is 80.9 Å². The molecule has 18 heavy (non-hydrogen) atoms. The van der Waals surface area contributed by atoms with Crippen molar-refractivity contribution in [2.75, 3.05) is 5.73 Å². The summed E-state index contributed by atoms with van der Waals surface area (Å²) in [6.45, 7) is 0.406. The van der Waals surface area contributed by atoms with E-state index in [1.807, 2.05) is 12.1 Å². The number of anilines is 1. The fourth-order valence-corrected chi connectivity index (χ4v) is 1.56. The molecule has 92 valence electrons. The summed E-state index contributed by atoms with van der Waals surface area (Å²) in [6.07, 6.45) is 3.42. The number of benzene rings is 1. The van der Waals surface area contributed by atoms with Gasteiger partial charge in [0.25, 0.3) is 0 Å². The Bertz CT molecular complexity index is 528. The van der Waals surface area contributed by atoms with Crippen molar-refractivity contribution in [2.24, 2.45) is 0 Å². The SMILES string of the molecule is Nc1cccc(CC(=O)NCc2ccncn2)c1. The number of aromatic nitrogens is 2. The number of nitrogens with zero attached hydrogens (tertiary/aromatic N) is 2. The van der Waals surface area contributed by atoms with Crippen molar-refractivity contribution < 1.29 is 4.79 Å². The zero-order valence-corrected chi connectivity index (χ0v) is 9.84. The van der Waals surface area contributed by atoms with Gasteiger partial charge in [0.15, 0.2) is 0 Å². The molecule has 0 fully saturated rings. The molecular weight excluding hydrogens is 228 g/mol. The lowest BCUT2D eigenvalue weighted by Crippen LogP contribution is -2.25. The lowest BCUT2D eigenvalue weighted by atomic mass is 10.1. The number of nitrogen functional groups attached to an aromatic ring is 1. The molecule has 2 rings (SSSR count). The third kappa shape index (κ3) is 3.55. The van der Waals surface area contributed by atoms with E-state index in [4.69, 9.17) is 5.73 Å². The van der Waals surface area contributed by atoms with E-state index in [9.17, 15) is 4.79 Å². The van der Waals surface area contributed by atoms with Crippen LogP contribution in [0.1, 0.15) is 11.3 Å². The van der Waals surface area contributed by atoms with Crippen LogP contribution in [0.15, 0.2) is 42.9 Å². The first-order chi connectivity index (χ1) is 8.74. The Morgan fingerprint density at radius 1 is 1.33 bits per heavy atom. The van der Waals surface area contributed by atoms with Gasteiger partial charge in [-0.05, 0) is 23.8 Å². The fraction of sp³-hybridized carbons (Fsp3) is 0.154. The minimum Gasteiger partial charge on any atom is -0.399 e. The minimum absolute atomic E-state index is 0.0563. The van der Waals surface area contributed by atoms with Crippen LogP contribution in [0, 0.1) is 0 Å². The summed E-state index contributed by atoms with van der Waals surface area (Å²) in [4.78, 5) is 19.5. The van der Waals surface area contributed by atoms with E-state index in [1.54, 1.807) is 24.4 Å². The highest BCUT2D eigenvalue weighted by atomic mass is 16.1. The van der Waals surface area contributed by atoms with Crippen LogP contribution < -0.4 is 11.1 Å². The standard InChI is InChI=1S/C13H14N4O/c14-11-3-1-2-10(6-11)7-13(18)16-8-12-4-5-15-9-17-12/h1-6,9H,7-8,14H2,(H,16,18). The fourth-order valence-electron chi connectivity index (χ4n) is 1.56. The molecule has 0 aliphatic heterocycles. The third-order valence-corrected chi connectivity index (χ3v) is 2.43. The maximum atomic E-state index is 11.7. The van der Waals surface area contributed by atoms with Crippen molar-refractivity contribution in [3.05, 3.63) is 54.1 Å². The molecule has 0 aliphatic carbocycles. The van der Waals surface area contributed by atoms with E-state index in [2.05, 4.69) is 15.3 Å². The van der Waals surface area contributed by atoms with Crippen LogP contribution >= 0.6 is 0 Å². The van der Waals surface area contributed by atoms with Crippen LogP contribution in [0.4, 0.5) is 5.69 Å². The van der Waals surface area contributed by atoms with E-state index < -0.39 is 0 Å². The van der Waals surface area contributed by atoms with Crippen LogP contribution in [0.3, 0.4) is 0 Å². The molecule has 0 unspecified atom stereocenters. The molecule has 0 atom stereocenters. The van der Waals surface area contributed by atoms with E-state index in [1.165, 1.54) is 6.33 Å². The van der Waals surface area contributed by atoms with Crippen molar-refractivity contribution in [3.8, 4) is 0 Å². The zero-order chi connectivity index (χ0) is 12.8. The number of hydrogen-bond donors (Lipinski definition) is 2. The monoisotopic (exact) mass is 242 g/mol. The molecule has 0 saturated carbocycles. The molecule has 0 aliphatic rings. The van der Waals surface area contributed by atoms with Gasteiger partial charge in [-0.1, -0.05) is 12.1 Å². The van der Waals surface area contributed by atoms with Gasteiger partial charge in [-0.15, -0.1) is 0 Å². The van der Waals surface area contributed by atoms with E-state index >= 15 is 0 Å². The summed E-state index contributed by atoms with van der Waals surface area (Å²) in [5.41, 5.74) is 8.00. The van der Waals surface area contributed by atoms with Gasteiger partial charge in [-0.2, -0.15) is 0 Å². The molecule has 0 spiro atoms. The molecule has 1 aromatic carbocycles. The molecule has 0 saturated heterocycles. The van der Waals surface area contributed by atoms with Crippen molar-refractivity contribution >= 4 is 11.6 Å². The van der Waals surface area contributed by atoms with Gasteiger partial charge in [0.05, 0.1) is 18.7 Å². The molecule has 1 heterocycles. The second-order valence-electron chi connectivity index (χ2n) is 3.90. The average molecular weight is 242 g/mol. The summed E-state index contributed by atoms with van der Waals surface area (Å²) < 4.78 is 0. The van der Waals surface area contributed by atoms with Crippen LogP contribution in [0.25, 0.3) is 0 Å². The number of rotatable bonds is 4. The van der Waals surface area contributed by atoms with Gasteiger partial charge >= 0.3 is 0 Å². The molecule has 5 nitrogen and oxygen atoms in total. The average Bonchev–Trinajstić information content (AvgIpc) is 2.38. The maximum Gasteiger partial charge on any atom is 0.224 e. The Labute approximate surface area is 105 Å². The summed E-state index contributed by atoms with van der Waals surface area (Å²) in [6, 6.07) is 9.07. The van der Waals surface area contributed by atoms with Gasteiger partial charge < -0.3 is 11.1 Å². The Balaban J connectivity index is 1.86. The molecule has 1 aromatic heterocycles. The zero-order valence-electron chi connectivity index (χ0n) is 9.84. The van der Waals surface area contributed by atoms with Crippen LogP contribution in [0.2, 0.25) is 0 Å². The first-order valence-electron chi connectivity index (χ1n) is 5.60. The molecule has 1 amide bonds. The van der Waals surface area contributed by atoms with Crippen LogP contribution in [-0.2, 0) is 17.8 Å². The van der Waals surface area contributed by atoms with Crippen LogP contribution in [0.5, 0.6) is 0 Å². The Morgan fingerprint density at radius 3 is 2.94 bits per heavy atom. The summed E-state index contributed by atoms with van der Waals surface area (Å²) in [5.74, 6) is -0.0563. The summed E-state index contributed by atoms with van der Waals surface area (Å²) in [7, 11) is 0. The number of carbonyl (C=O) groups excluding carboxylic acids is 1. The quantitative estimate of drug-likeness (QED) is 0.781. The predicted octanol–water partition coefficient (Wildman–Crippen LogP) is 0.918. The number of nitrogens with two attached hydrogens (primary N) is 1. The Morgan fingerprint density at radius 2 is 2.22 bits per heavy atom.